The van der Waals surface area contributed by atoms with Gasteiger partial charge in [-0.05, 0) is 89.6 Å². The van der Waals surface area contributed by atoms with Gasteiger partial charge in [0.15, 0.2) is 0 Å². The Morgan fingerprint density at radius 3 is 1.32 bits per heavy atom. The molecule has 6 heteroatoms. The molecule has 3 rings (SSSR count). The third-order valence-corrected chi connectivity index (χ3v) is 7.06. The minimum Gasteiger partial charge on any atom is -1.00 e. The summed E-state index contributed by atoms with van der Waals surface area (Å²) in [6.07, 6.45) is 1.92. The van der Waals surface area contributed by atoms with Crippen LogP contribution in [0.4, 0.5) is 11.4 Å². The first-order chi connectivity index (χ1) is 17.9. The van der Waals surface area contributed by atoms with Crippen molar-refractivity contribution in [1.82, 2.24) is 4.98 Å². The molecule has 1 heterocycles. The minimum atomic E-state index is 0. The summed E-state index contributed by atoms with van der Waals surface area (Å²) in [5.74, 6) is 1.49. The predicted octanol–water partition coefficient (Wildman–Crippen LogP) is 4.51. The SMILES string of the molecule is C=Cc1cc(C(C)C)c(/N=C(\C)c2cccc(/C(C)=N/c3c(C(C)C)cccc3C(C)C)n2)c(C(C)C)c1.[Br-].[Br-].[Fe+2]. The molecule has 0 unspecified atom stereocenters. The topological polar surface area (TPSA) is 37.6 Å². The first-order valence-electron chi connectivity index (χ1n) is 14.0. The Morgan fingerprint density at radius 2 is 0.976 bits per heavy atom. The van der Waals surface area contributed by atoms with Gasteiger partial charge in [-0.25, -0.2) is 4.98 Å². The second kappa shape index (κ2) is 17.3. The van der Waals surface area contributed by atoms with Crippen molar-refractivity contribution < 1.29 is 51.0 Å². The Kier molecular flexibility index (Phi) is 16.5. The van der Waals surface area contributed by atoms with Crippen molar-refractivity contribution in [2.45, 2.75) is 92.9 Å². The van der Waals surface area contributed by atoms with E-state index in [0.29, 0.717) is 23.7 Å². The average molecular weight is 723 g/mol. The van der Waals surface area contributed by atoms with Crippen molar-refractivity contribution in [2.24, 2.45) is 9.98 Å². The first kappa shape index (κ1) is 39.1. The van der Waals surface area contributed by atoms with Crippen molar-refractivity contribution in [3.63, 3.8) is 0 Å². The van der Waals surface area contributed by atoms with Crippen LogP contribution in [-0.2, 0) is 17.1 Å². The maximum Gasteiger partial charge on any atom is 2.00 e. The predicted molar refractivity (Wildman–Crippen MR) is 167 cm³/mol. The molecule has 0 N–H and O–H groups in total. The zero-order chi connectivity index (χ0) is 28.1. The Labute approximate surface area is 280 Å². The monoisotopic (exact) mass is 721 g/mol. The van der Waals surface area contributed by atoms with Gasteiger partial charge in [-0.1, -0.05) is 92.3 Å². The van der Waals surface area contributed by atoms with E-state index in [4.69, 9.17) is 15.0 Å². The molecule has 0 radical (unpaired) electrons. The van der Waals surface area contributed by atoms with Crippen LogP contribution in [0.1, 0.15) is 132 Å². The number of pyridine rings is 1. The van der Waals surface area contributed by atoms with Gasteiger partial charge in [0.25, 0.3) is 0 Å². The molecular weight excluding hydrogens is 678 g/mol. The quantitative estimate of drug-likeness (QED) is 0.237. The molecule has 0 aliphatic rings. The molecule has 0 atom stereocenters. The number of halogens is 2. The molecule has 3 aromatic rings. The normalized spacial score (nSPS) is 11.9. The van der Waals surface area contributed by atoms with Gasteiger partial charge in [0, 0.05) is 0 Å². The molecule has 0 aliphatic heterocycles. The Morgan fingerprint density at radius 1 is 0.634 bits per heavy atom. The summed E-state index contributed by atoms with van der Waals surface area (Å²) in [5, 5.41) is 0. The molecule has 222 valence electrons. The van der Waals surface area contributed by atoms with E-state index in [1.54, 1.807) is 0 Å². The van der Waals surface area contributed by atoms with Crippen LogP contribution in [0.5, 0.6) is 0 Å². The number of benzene rings is 2. The van der Waals surface area contributed by atoms with Crippen LogP contribution in [0.3, 0.4) is 0 Å². The van der Waals surface area contributed by atoms with E-state index in [2.05, 4.69) is 112 Å². The molecule has 1 aromatic heterocycles. The smallest absolute Gasteiger partial charge is 1.00 e. The van der Waals surface area contributed by atoms with Crippen LogP contribution >= 0.6 is 0 Å². The number of aliphatic imine (C=N–C) groups is 2. The van der Waals surface area contributed by atoms with Crippen LogP contribution in [0.25, 0.3) is 6.08 Å². The van der Waals surface area contributed by atoms with Crippen molar-refractivity contribution in [2.75, 3.05) is 0 Å². The zero-order valence-electron chi connectivity index (χ0n) is 26.2. The fourth-order valence-corrected chi connectivity index (χ4v) is 4.76. The van der Waals surface area contributed by atoms with Gasteiger partial charge < -0.3 is 34.0 Å². The van der Waals surface area contributed by atoms with Gasteiger partial charge in [0.1, 0.15) is 0 Å². The van der Waals surface area contributed by atoms with Gasteiger partial charge in [-0.2, -0.15) is 0 Å². The molecule has 0 amide bonds. The molecule has 2 aromatic carbocycles. The first-order valence-corrected chi connectivity index (χ1v) is 14.0. The number of nitrogens with zero attached hydrogens (tertiary/aromatic N) is 3. The minimum absolute atomic E-state index is 0. The number of para-hydroxylation sites is 1. The number of aromatic nitrogens is 1. The van der Waals surface area contributed by atoms with Gasteiger partial charge >= 0.3 is 17.1 Å². The summed E-state index contributed by atoms with van der Waals surface area (Å²) in [4.78, 5) is 15.4. The van der Waals surface area contributed by atoms with Crippen LogP contribution < -0.4 is 34.0 Å². The molecule has 0 saturated carbocycles. The maximum atomic E-state index is 5.19. The van der Waals surface area contributed by atoms with Crippen LogP contribution in [0.15, 0.2) is 65.1 Å². The van der Waals surface area contributed by atoms with E-state index < -0.39 is 0 Å². The average Bonchev–Trinajstić information content (AvgIpc) is 2.88. The summed E-state index contributed by atoms with van der Waals surface area (Å²) in [5.41, 5.74) is 11.9. The van der Waals surface area contributed by atoms with Crippen LogP contribution in [-0.4, -0.2) is 16.4 Å². The Hall–Kier alpha value is -1.85. The Bertz CT molecular complexity index is 1320. The van der Waals surface area contributed by atoms with E-state index in [-0.39, 0.29) is 51.0 Å². The largest absolute Gasteiger partial charge is 2.00 e. The van der Waals surface area contributed by atoms with E-state index in [0.717, 1.165) is 39.7 Å². The number of rotatable bonds is 9. The van der Waals surface area contributed by atoms with E-state index in [9.17, 15) is 0 Å². The van der Waals surface area contributed by atoms with Gasteiger partial charge in [0.05, 0.1) is 34.2 Å². The van der Waals surface area contributed by atoms with E-state index in [1.807, 2.05) is 18.2 Å². The standard InChI is InChI=1S/C35H45N3.2BrH.Fe/c1-12-27-19-30(23(6)7)35(31(20-27)24(8)9)37-26(11)33-18-14-17-32(38-33)25(10)36-34-28(21(2)3)15-13-16-29(34)22(4)5;;;/h12-24H,1H2,2-11H3;2*1H;/q;;;+2/p-2/b36-25+,37-26+;;;. The molecule has 0 bridgehead atoms. The molecule has 0 saturated heterocycles. The molecule has 0 spiro atoms. The van der Waals surface area contributed by atoms with Gasteiger partial charge in [-0.3, -0.25) is 9.98 Å². The second-order valence-corrected chi connectivity index (χ2v) is 11.5. The Balaban J connectivity index is 0.00000533. The van der Waals surface area contributed by atoms with Crippen LogP contribution in [0, 0.1) is 0 Å². The fraction of sp³-hybridized carbons (Fsp3) is 0.400. The molecule has 0 aliphatic carbocycles. The third kappa shape index (κ3) is 9.58. The summed E-state index contributed by atoms with van der Waals surface area (Å²) < 4.78 is 0. The summed E-state index contributed by atoms with van der Waals surface area (Å²) in [7, 11) is 0. The molecule has 3 nitrogen and oxygen atoms in total. The van der Waals surface area contributed by atoms with Gasteiger partial charge in [-0.15, -0.1) is 0 Å². The second-order valence-electron chi connectivity index (χ2n) is 11.5. The van der Waals surface area contributed by atoms with E-state index in [1.165, 1.54) is 22.3 Å². The molecular formula is C35H45Br2FeN3. The van der Waals surface area contributed by atoms with Crippen molar-refractivity contribution in [1.29, 1.82) is 0 Å². The molecule has 41 heavy (non-hydrogen) atoms. The number of hydrogen-bond acceptors (Lipinski definition) is 3. The summed E-state index contributed by atoms with van der Waals surface area (Å²) in [6.45, 7) is 25.9. The summed E-state index contributed by atoms with van der Waals surface area (Å²) >= 11 is 0. The van der Waals surface area contributed by atoms with Crippen molar-refractivity contribution in [3.8, 4) is 0 Å². The van der Waals surface area contributed by atoms with Crippen molar-refractivity contribution in [3.05, 3.63) is 94.3 Å². The van der Waals surface area contributed by atoms with E-state index >= 15 is 0 Å². The van der Waals surface area contributed by atoms with Gasteiger partial charge in [0.2, 0.25) is 0 Å². The number of hydrogen-bond donors (Lipinski definition) is 0. The summed E-state index contributed by atoms with van der Waals surface area (Å²) in [6, 6.07) is 17.1. The molecule has 0 fully saturated rings. The maximum absolute atomic E-state index is 5.19. The van der Waals surface area contributed by atoms with Crippen molar-refractivity contribution >= 4 is 28.9 Å². The fourth-order valence-electron chi connectivity index (χ4n) is 4.76. The van der Waals surface area contributed by atoms with Crippen LogP contribution in [0.2, 0.25) is 0 Å². The zero-order valence-corrected chi connectivity index (χ0v) is 30.4. The third-order valence-electron chi connectivity index (χ3n) is 7.06.